The Morgan fingerprint density at radius 1 is 0.569 bits per heavy atom. The Labute approximate surface area is 601 Å². The van der Waals surface area contributed by atoms with Crippen LogP contribution in [0.3, 0.4) is 0 Å². The summed E-state index contributed by atoms with van der Waals surface area (Å²) in [5.74, 6) is 4.59. The summed E-state index contributed by atoms with van der Waals surface area (Å²) in [5.41, 5.74) is 12.5. The van der Waals surface area contributed by atoms with Gasteiger partial charge >= 0.3 is 5.97 Å². The zero-order valence-electron chi connectivity index (χ0n) is 58.7. The number of hydrogen-bond donors (Lipinski definition) is 3. The lowest BCUT2D eigenvalue weighted by molar-refractivity contribution is -0.134. The zero-order valence-corrected chi connectivity index (χ0v) is 59.5. The molecule has 10 atom stereocenters. The van der Waals surface area contributed by atoms with E-state index in [1.54, 1.807) is 28.4 Å². The molecule has 2 unspecified atom stereocenters. The van der Waals surface area contributed by atoms with E-state index in [1.807, 2.05) is 88.4 Å². The number of phenols is 1. The molecule has 8 heterocycles. The smallest absolute Gasteiger partial charge is 0.312 e. The highest BCUT2D eigenvalue weighted by Gasteiger charge is 2.59. The summed E-state index contributed by atoms with van der Waals surface area (Å²) in [6, 6.07) is 25.9. The second kappa shape index (κ2) is 30.9. The number of nitrogens with one attached hydrogen (secondary N) is 2. The topological polar surface area (TPSA) is 258 Å². The van der Waals surface area contributed by atoms with E-state index in [1.165, 1.54) is 0 Å². The summed E-state index contributed by atoms with van der Waals surface area (Å²) in [7, 11) is 10.5. The molecular weight excluding hydrogens is 1320 g/mol. The molecule has 102 heavy (non-hydrogen) atoms. The molecule has 2 saturated heterocycles. The van der Waals surface area contributed by atoms with Gasteiger partial charge in [-0.2, -0.15) is 10.5 Å². The first-order valence-electron chi connectivity index (χ1n) is 34.4. The Bertz CT molecular complexity index is 4240. The third kappa shape index (κ3) is 13.0. The van der Waals surface area contributed by atoms with Crippen LogP contribution in [0.2, 0.25) is 0 Å². The Kier molecular flexibility index (Phi) is 22.0. The van der Waals surface area contributed by atoms with Gasteiger partial charge in [0, 0.05) is 115 Å². The van der Waals surface area contributed by atoms with Crippen molar-refractivity contribution in [3.05, 3.63) is 151 Å². The average Bonchev–Trinajstić information content (AvgIpc) is 0.892. The molecule has 0 aliphatic carbocycles. The number of esters is 1. The van der Waals surface area contributed by atoms with Gasteiger partial charge in [0.05, 0.1) is 56.9 Å². The molecular formula is C78H91ClN8O15. The van der Waals surface area contributed by atoms with Crippen molar-refractivity contribution in [2.24, 2.45) is 0 Å². The third-order valence-corrected chi connectivity index (χ3v) is 21.8. The number of amides is 2. The van der Waals surface area contributed by atoms with Gasteiger partial charge < -0.3 is 67.8 Å². The summed E-state index contributed by atoms with van der Waals surface area (Å²) in [6.45, 7) is 8.17. The van der Waals surface area contributed by atoms with Crippen molar-refractivity contribution in [2.45, 2.75) is 153 Å². The van der Waals surface area contributed by atoms with Crippen LogP contribution >= 0.6 is 11.6 Å². The Morgan fingerprint density at radius 2 is 1.00 bits per heavy atom. The van der Waals surface area contributed by atoms with E-state index in [0.29, 0.717) is 114 Å². The lowest BCUT2D eigenvalue weighted by atomic mass is 9.71. The van der Waals surface area contributed by atoms with Gasteiger partial charge in [0.25, 0.3) is 0 Å². The summed E-state index contributed by atoms with van der Waals surface area (Å²) in [5, 5.41) is 40.0. The average molecular weight is 1420 g/mol. The van der Waals surface area contributed by atoms with Crippen molar-refractivity contribution in [2.75, 3.05) is 88.7 Å². The number of aryl methyl sites for hydroxylation is 4. The van der Waals surface area contributed by atoms with E-state index < -0.39 is 30.1 Å². The number of hydrogen-bond acceptors (Lipinski definition) is 21. The summed E-state index contributed by atoms with van der Waals surface area (Å²) in [6.07, 6.45) is 3.90. The number of aromatic hydroxyl groups is 1. The molecule has 3 N–H and O–H groups in total. The van der Waals surface area contributed by atoms with E-state index >= 15 is 0 Å². The first kappa shape index (κ1) is 72.7. The first-order valence-corrected chi connectivity index (χ1v) is 34.9. The number of rotatable bonds is 21. The standard InChI is InChI=1S/C40H45ClN4O8.C37H42N4O7.CH4/c1-22-15-25-16-27-29(18-42)45-28(35(44(27)3)33(25)39(36(22)49-5)50-20-48-4)17-26-34(30(45)19-43-31(46)12-11-24-9-7-6-8-10-24)40-38(51-21-52-40)23(2)37(26)53-32(47)13-14-41;1-20-13-23-14-25-27(16-38)41-26(32(40(25)3)30(23)36(34(20)45-5)46-18-44-4)15-24-31(37-35(47-19-48-37)21(2)33(24)43)28(41)17-39-29(42)12-11-22-9-7-6-8-10-22;/h6-10,15,27-30,35H,11-14,16-17,19-21H2,1-5H3,(H,43,46);6-10,13,25-28,32,43H,11-12,14-15,17-19H2,1-5H3,(H,39,42);1H4/t27-,28?,29-,30-,35-;25-,26?,27-,28-,32-;/m00./s1. The molecule has 0 aromatic heterocycles. The fourth-order valence-corrected chi connectivity index (χ4v) is 17.5. The van der Waals surface area contributed by atoms with Crippen LogP contribution in [0.5, 0.6) is 57.5 Å². The van der Waals surface area contributed by atoms with Gasteiger partial charge in [-0.25, -0.2) is 0 Å². The normalized spacial score (nSPS) is 22.9. The van der Waals surface area contributed by atoms with Crippen molar-refractivity contribution in [1.82, 2.24) is 30.2 Å². The Morgan fingerprint density at radius 3 is 1.43 bits per heavy atom. The second-order valence-electron chi connectivity index (χ2n) is 27.1. The SMILES string of the molecule is C.COCOc1c(OC)c(C)cc2c1[C@@H]1C3Cc4c(O)c(C)c5c(c4[C@H](CNC(=O)CCc4ccccc4)N3[C@@H](C#N)[C@H](C2)N1C)OCO5.COCOc1c(OC)c(C)cc2c1[C@@H]1C3Cc4c(OC(=O)CCCl)c(C)c5c(c4[C@H](CNC(=O)CCc4ccccc4)N3[C@@H](C#N)[C@H](C2)N1C)OCO5. The van der Waals surface area contributed by atoms with Crippen LogP contribution in [-0.4, -0.2) is 167 Å². The molecule has 540 valence electrons. The predicted molar refractivity (Wildman–Crippen MR) is 379 cm³/mol. The molecule has 6 aromatic rings. The van der Waals surface area contributed by atoms with Crippen LogP contribution in [0.25, 0.3) is 0 Å². The molecule has 4 bridgehead atoms. The quantitative estimate of drug-likeness (QED) is 0.0262. The van der Waals surface area contributed by atoms with Crippen molar-refractivity contribution in [1.29, 1.82) is 10.5 Å². The highest BCUT2D eigenvalue weighted by atomic mass is 35.5. The second-order valence-corrected chi connectivity index (χ2v) is 27.5. The van der Waals surface area contributed by atoms with Gasteiger partial charge in [-0.15, -0.1) is 11.6 Å². The van der Waals surface area contributed by atoms with Crippen LogP contribution in [0.1, 0.15) is 129 Å². The zero-order chi connectivity index (χ0) is 71.1. The molecule has 0 spiro atoms. The van der Waals surface area contributed by atoms with E-state index in [2.05, 4.69) is 68.6 Å². The summed E-state index contributed by atoms with van der Waals surface area (Å²) >= 11 is 5.97. The van der Waals surface area contributed by atoms with Crippen LogP contribution in [0.15, 0.2) is 72.8 Å². The molecule has 2 fully saturated rings. The van der Waals surface area contributed by atoms with Crippen LogP contribution in [0, 0.1) is 50.4 Å². The number of methoxy groups -OCH3 is 4. The number of benzene rings is 6. The summed E-state index contributed by atoms with van der Waals surface area (Å²) < 4.78 is 65.4. The Balaban J connectivity index is 0.000000192. The number of carbonyl (C=O) groups excluding carboxylic acids is 3. The van der Waals surface area contributed by atoms with Gasteiger partial charge in [-0.05, 0) is 114 Å². The van der Waals surface area contributed by atoms with Crippen molar-refractivity contribution in [3.8, 4) is 69.6 Å². The number of phenolic OH excluding ortho intramolecular Hbond substituents is 1. The molecule has 6 aromatic carbocycles. The van der Waals surface area contributed by atoms with Crippen molar-refractivity contribution >= 4 is 29.4 Å². The minimum absolute atomic E-state index is 0. The molecule has 8 aliphatic heterocycles. The summed E-state index contributed by atoms with van der Waals surface area (Å²) in [4.78, 5) is 49.0. The van der Waals surface area contributed by atoms with Crippen LogP contribution in [-0.2, 0) is 62.4 Å². The maximum absolute atomic E-state index is 13.5. The lowest BCUT2D eigenvalue weighted by Crippen LogP contribution is -2.68. The number of nitrogens with zero attached hydrogens (tertiary/aromatic N) is 6. The minimum atomic E-state index is -0.568. The molecule has 14 rings (SSSR count). The first-order chi connectivity index (χ1) is 49.0. The van der Waals surface area contributed by atoms with Gasteiger partial charge in [0.2, 0.25) is 25.4 Å². The third-order valence-electron chi connectivity index (χ3n) is 21.6. The number of likely N-dealkylation sites (N-methyl/N-ethyl adjacent to an activating group) is 2. The van der Waals surface area contributed by atoms with E-state index in [4.69, 9.17) is 63.7 Å². The van der Waals surface area contributed by atoms with E-state index in [-0.39, 0.29) is 114 Å². The van der Waals surface area contributed by atoms with Crippen LogP contribution in [0.4, 0.5) is 0 Å². The number of nitriles is 2. The molecule has 0 radical (unpaired) electrons. The molecule has 2 amide bonds. The van der Waals surface area contributed by atoms with Gasteiger partial charge in [-0.1, -0.05) is 80.2 Å². The number of ether oxygens (including phenoxy) is 11. The highest BCUT2D eigenvalue weighted by Crippen LogP contribution is 2.61. The van der Waals surface area contributed by atoms with Crippen molar-refractivity contribution < 1.29 is 71.6 Å². The monoisotopic (exact) mass is 1410 g/mol. The molecule has 8 aliphatic rings. The number of alkyl halides is 1. The maximum Gasteiger partial charge on any atom is 0.312 e. The van der Waals surface area contributed by atoms with Gasteiger partial charge in [-0.3, -0.25) is 34.0 Å². The molecule has 24 heteroatoms. The van der Waals surface area contributed by atoms with E-state index in [0.717, 1.165) is 66.8 Å². The largest absolute Gasteiger partial charge is 0.507 e. The maximum atomic E-state index is 13.5. The fraction of sp³-hybridized carbons (Fsp3) is 0.474. The minimum Gasteiger partial charge on any atom is -0.507 e. The molecule has 23 nitrogen and oxygen atoms in total. The number of halogens is 1. The van der Waals surface area contributed by atoms with Gasteiger partial charge in [0.15, 0.2) is 59.6 Å². The number of carbonyl (C=O) groups is 3. The number of piperazine rings is 2. The van der Waals surface area contributed by atoms with E-state index in [9.17, 15) is 30.0 Å². The van der Waals surface area contributed by atoms with Crippen molar-refractivity contribution in [3.63, 3.8) is 0 Å². The Hall–Kier alpha value is -9.04. The highest BCUT2D eigenvalue weighted by molar-refractivity contribution is 6.18. The van der Waals surface area contributed by atoms with Gasteiger partial charge in [0.1, 0.15) is 23.6 Å². The molecule has 0 saturated carbocycles. The fourth-order valence-electron chi connectivity index (χ4n) is 17.3. The lowest BCUT2D eigenvalue weighted by Gasteiger charge is -2.60. The number of fused-ring (bicyclic) bond motifs is 18. The predicted octanol–water partition coefficient (Wildman–Crippen LogP) is 9.96. The van der Waals surface area contributed by atoms with Crippen LogP contribution < -0.4 is 53.3 Å².